The number of aliphatic hydroxyl groups is 1. The van der Waals surface area contributed by atoms with E-state index in [0.29, 0.717) is 12.1 Å². The highest BCUT2D eigenvalue weighted by Gasteiger charge is 2.41. The fourth-order valence-electron chi connectivity index (χ4n) is 3.28. The zero-order valence-corrected chi connectivity index (χ0v) is 10.6. The third-order valence-corrected chi connectivity index (χ3v) is 4.23. The number of likely N-dealkylation sites (tertiary alicyclic amines) is 1. The van der Waals surface area contributed by atoms with Gasteiger partial charge >= 0.3 is 0 Å². The highest BCUT2D eigenvalue weighted by molar-refractivity contribution is 5.57. The number of aryl methyl sites for hydroxylation is 1. The lowest BCUT2D eigenvalue weighted by Crippen LogP contribution is -2.44. The molecule has 3 rings (SSSR count). The summed E-state index contributed by atoms with van der Waals surface area (Å²) in [6.07, 6.45) is 1.27. The summed E-state index contributed by atoms with van der Waals surface area (Å²) < 4.78 is 0. The maximum atomic E-state index is 9.49. The van der Waals surface area contributed by atoms with Crippen LogP contribution in [0.3, 0.4) is 0 Å². The first-order chi connectivity index (χ1) is 8.19. The van der Waals surface area contributed by atoms with Crippen LogP contribution < -0.4 is 4.90 Å². The van der Waals surface area contributed by atoms with Gasteiger partial charge in [-0.25, -0.2) is 0 Å². The zero-order valence-electron chi connectivity index (χ0n) is 10.6. The molecule has 0 unspecified atom stereocenters. The predicted octanol–water partition coefficient (Wildman–Crippen LogP) is 1.38. The number of nitrogens with zero attached hydrogens (tertiary/aromatic N) is 2. The Morgan fingerprint density at radius 3 is 2.71 bits per heavy atom. The van der Waals surface area contributed by atoms with Gasteiger partial charge in [-0.2, -0.15) is 0 Å². The summed E-state index contributed by atoms with van der Waals surface area (Å²) in [6, 6.07) is 7.75. The Morgan fingerprint density at radius 2 is 2.12 bits per heavy atom. The average molecular weight is 232 g/mol. The van der Waals surface area contributed by atoms with Crippen LogP contribution in [0.25, 0.3) is 0 Å². The smallest absolute Gasteiger partial charge is 0.0702 e. The van der Waals surface area contributed by atoms with E-state index in [9.17, 15) is 5.11 Å². The summed E-state index contributed by atoms with van der Waals surface area (Å²) in [5, 5.41) is 9.49. The average Bonchev–Trinajstić information content (AvgIpc) is 2.87. The molecule has 1 aromatic carbocycles. The van der Waals surface area contributed by atoms with Crippen molar-refractivity contribution in [1.29, 1.82) is 0 Å². The van der Waals surface area contributed by atoms with Gasteiger partial charge in [0.25, 0.3) is 0 Å². The van der Waals surface area contributed by atoms with Gasteiger partial charge in [-0.1, -0.05) is 17.7 Å². The molecule has 0 aliphatic carbocycles. The van der Waals surface area contributed by atoms with Gasteiger partial charge < -0.3 is 10.0 Å². The van der Waals surface area contributed by atoms with Crippen LogP contribution in [0.4, 0.5) is 5.69 Å². The Bertz CT molecular complexity index is 430. The summed E-state index contributed by atoms with van der Waals surface area (Å²) in [5.74, 6) is 0. The highest BCUT2D eigenvalue weighted by atomic mass is 16.3. The Hall–Kier alpha value is -1.06. The molecule has 3 nitrogen and oxygen atoms in total. The summed E-state index contributed by atoms with van der Waals surface area (Å²) in [7, 11) is 2.21. The SMILES string of the molecule is Cc1ccc(N2C[C@@H]3C[C@H]2CN3C)c(CO)c1. The lowest BCUT2D eigenvalue weighted by molar-refractivity contribution is 0.278. The third-order valence-electron chi connectivity index (χ3n) is 4.23. The molecule has 0 amide bonds. The highest BCUT2D eigenvalue weighted by Crippen LogP contribution is 2.35. The van der Waals surface area contributed by atoms with Crippen molar-refractivity contribution in [2.24, 2.45) is 0 Å². The number of benzene rings is 1. The molecule has 2 atom stereocenters. The lowest BCUT2D eigenvalue weighted by atomic mass is 10.1. The summed E-state index contributed by atoms with van der Waals surface area (Å²) in [4.78, 5) is 4.93. The Balaban J connectivity index is 1.91. The van der Waals surface area contributed by atoms with Crippen LogP contribution in [0.15, 0.2) is 18.2 Å². The molecule has 0 saturated carbocycles. The van der Waals surface area contributed by atoms with E-state index in [0.717, 1.165) is 18.7 Å². The maximum Gasteiger partial charge on any atom is 0.0702 e. The van der Waals surface area contributed by atoms with Crippen LogP contribution in [0.5, 0.6) is 0 Å². The fraction of sp³-hybridized carbons (Fsp3) is 0.571. The van der Waals surface area contributed by atoms with Crippen LogP contribution in [-0.2, 0) is 6.61 Å². The second-order valence-corrected chi connectivity index (χ2v) is 5.43. The molecule has 1 aromatic rings. The van der Waals surface area contributed by atoms with Crippen LogP contribution in [-0.4, -0.2) is 42.2 Å². The Morgan fingerprint density at radius 1 is 1.29 bits per heavy atom. The molecule has 17 heavy (non-hydrogen) atoms. The van der Waals surface area contributed by atoms with E-state index in [1.807, 2.05) is 0 Å². The number of anilines is 1. The molecule has 3 heteroatoms. The van der Waals surface area contributed by atoms with E-state index in [1.165, 1.54) is 17.7 Å². The van der Waals surface area contributed by atoms with Crippen molar-refractivity contribution in [3.8, 4) is 0 Å². The second-order valence-electron chi connectivity index (χ2n) is 5.43. The van der Waals surface area contributed by atoms with Gasteiger partial charge in [0.05, 0.1) is 6.61 Å². The van der Waals surface area contributed by atoms with E-state index >= 15 is 0 Å². The molecule has 0 radical (unpaired) electrons. The van der Waals surface area contributed by atoms with Crippen molar-refractivity contribution in [2.45, 2.75) is 32.0 Å². The predicted molar refractivity (Wildman–Crippen MR) is 69.3 cm³/mol. The van der Waals surface area contributed by atoms with Crippen molar-refractivity contribution in [3.63, 3.8) is 0 Å². The zero-order chi connectivity index (χ0) is 12.0. The van der Waals surface area contributed by atoms with Crippen LogP contribution >= 0.6 is 0 Å². The number of rotatable bonds is 2. The number of piperazine rings is 1. The summed E-state index contributed by atoms with van der Waals surface area (Å²) >= 11 is 0. The molecule has 0 spiro atoms. The van der Waals surface area contributed by atoms with E-state index in [4.69, 9.17) is 0 Å². The minimum Gasteiger partial charge on any atom is -0.392 e. The normalized spacial score (nSPS) is 28.1. The van der Waals surface area contributed by atoms with Crippen molar-refractivity contribution in [1.82, 2.24) is 4.90 Å². The topological polar surface area (TPSA) is 26.7 Å². The Labute approximate surface area is 103 Å². The minimum absolute atomic E-state index is 0.140. The first-order valence-corrected chi connectivity index (χ1v) is 6.36. The van der Waals surface area contributed by atoms with Crippen LogP contribution in [0.1, 0.15) is 17.5 Å². The van der Waals surface area contributed by atoms with E-state index in [-0.39, 0.29) is 6.61 Å². The maximum absolute atomic E-state index is 9.49. The first-order valence-electron chi connectivity index (χ1n) is 6.36. The quantitative estimate of drug-likeness (QED) is 0.834. The molecule has 92 valence electrons. The first kappa shape index (κ1) is 11.1. The van der Waals surface area contributed by atoms with Crippen LogP contribution in [0, 0.1) is 6.92 Å². The fourth-order valence-corrected chi connectivity index (χ4v) is 3.28. The van der Waals surface area contributed by atoms with Gasteiger partial charge in [-0.3, -0.25) is 4.90 Å². The molecule has 0 aromatic heterocycles. The molecule has 2 bridgehead atoms. The summed E-state index contributed by atoms with van der Waals surface area (Å²) in [5.41, 5.74) is 3.53. The van der Waals surface area contributed by atoms with E-state index in [1.54, 1.807) is 0 Å². The molecule has 2 saturated heterocycles. The second kappa shape index (κ2) is 4.00. The van der Waals surface area contributed by atoms with Crippen LogP contribution in [0.2, 0.25) is 0 Å². The van der Waals surface area contributed by atoms with Gasteiger partial charge in [0.1, 0.15) is 0 Å². The van der Waals surface area contributed by atoms with E-state index in [2.05, 4.69) is 42.0 Å². The van der Waals surface area contributed by atoms with Gasteiger partial charge in [-0.05, 0) is 26.5 Å². The molecule has 2 heterocycles. The van der Waals surface area contributed by atoms with Crippen molar-refractivity contribution in [2.75, 3.05) is 25.0 Å². The monoisotopic (exact) mass is 232 g/mol. The van der Waals surface area contributed by atoms with E-state index < -0.39 is 0 Å². The standard InChI is InChI=1S/C14H20N2O/c1-10-3-4-14(11(5-10)9-17)16-8-12-6-13(16)7-15(12)2/h3-5,12-13,17H,6-9H2,1-2H3/t12-,13-/m0/s1. The molecular weight excluding hydrogens is 212 g/mol. The van der Waals surface area contributed by atoms with Crippen molar-refractivity contribution >= 4 is 5.69 Å². The third kappa shape index (κ3) is 1.74. The number of likely N-dealkylation sites (N-methyl/N-ethyl adjacent to an activating group) is 1. The van der Waals surface area contributed by atoms with Gasteiger partial charge in [0.2, 0.25) is 0 Å². The minimum atomic E-state index is 0.140. The summed E-state index contributed by atoms with van der Waals surface area (Å²) in [6.45, 7) is 4.48. The number of aliphatic hydroxyl groups excluding tert-OH is 1. The van der Waals surface area contributed by atoms with Gasteiger partial charge in [0.15, 0.2) is 0 Å². The van der Waals surface area contributed by atoms with Crippen molar-refractivity contribution in [3.05, 3.63) is 29.3 Å². The van der Waals surface area contributed by atoms with Gasteiger partial charge in [0, 0.05) is 36.4 Å². The Kier molecular flexibility index (Phi) is 2.60. The van der Waals surface area contributed by atoms with Crippen molar-refractivity contribution < 1.29 is 5.11 Å². The number of hydrogen-bond donors (Lipinski definition) is 1. The molecule has 2 aliphatic rings. The number of fused-ring (bicyclic) bond motifs is 2. The molecule has 1 N–H and O–H groups in total. The molecule has 2 fully saturated rings. The molecular formula is C14H20N2O. The van der Waals surface area contributed by atoms with Gasteiger partial charge in [-0.15, -0.1) is 0 Å². The lowest BCUT2D eigenvalue weighted by Gasteiger charge is -2.34. The number of hydrogen-bond acceptors (Lipinski definition) is 3. The molecule has 2 aliphatic heterocycles. The largest absolute Gasteiger partial charge is 0.392 e.